The minimum atomic E-state index is 0.731. The number of methoxy groups -OCH3 is 1. The molecule has 0 fully saturated rings. The van der Waals surface area contributed by atoms with E-state index in [9.17, 15) is 0 Å². The molecule has 0 amide bonds. The highest BCUT2D eigenvalue weighted by Gasteiger charge is 2.07. The summed E-state index contributed by atoms with van der Waals surface area (Å²) in [6.07, 6.45) is 1.71. The van der Waals surface area contributed by atoms with Gasteiger partial charge < -0.3 is 14.5 Å². The second kappa shape index (κ2) is 4.86. The quantitative estimate of drug-likeness (QED) is 0.855. The van der Waals surface area contributed by atoms with Crippen molar-refractivity contribution in [3.63, 3.8) is 0 Å². The van der Waals surface area contributed by atoms with E-state index in [4.69, 9.17) is 9.15 Å². The topological polar surface area (TPSA) is 34.4 Å². The molecule has 0 aliphatic rings. The minimum absolute atomic E-state index is 0.731. The molecule has 3 nitrogen and oxygen atoms in total. The van der Waals surface area contributed by atoms with Crippen LogP contribution in [-0.2, 0) is 6.54 Å². The highest BCUT2D eigenvalue weighted by Crippen LogP contribution is 2.26. The Kier molecular flexibility index (Phi) is 3.27. The van der Waals surface area contributed by atoms with Crippen molar-refractivity contribution in [3.8, 4) is 16.9 Å². The average Bonchev–Trinajstić information content (AvgIpc) is 2.78. The van der Waals surface area contributed by atoms with Crippen LogP contribution in [0.5, 0.6) is 5.75 Å². The molecule has 3 heteroatoms. The van der Waals surface area contributed by atoms with Crippen molar-refractivity contribution in [2.75, 3.05) is 14.2 Å². The van der Waals surface area contributed by atoms with Gasteiger partial charge in [-0.3, -0.25) is 0 Å². The molecule has 0 bridgehead atoms. The molecule has 0 unspecified atom stereocenters. The lowest BCUT2D eigenvalue weighted by Crippen LogP contribution is -2.04. The van der Waals surface area contributed by atoms with E-state index in [1.165, 1.54) is 0 Å². The lowest BCUT2D eigenvalue weighted by atomic mass is 10.1. The summed E-state index contributed by atoms with van der Waals surface area (Å²) in [4.78, 5) is 0. The smallest absolute Gasteiger partial charge is 0.125 e. The Morgan fingerprint density at radius 1 is 1.19 bits per heavy atom. The maximum absolute atomic E-state index is 5.42. The third kappa shape index (κ3) is 2.09. The van der Waals surface area contributed by atoms with Crippen molar-refractivity contribution >= 4 is 0 Å². The molecular weight excluding hydrogens is 202 g/mol. The van der Waals surface area contributed by atoms with E-state index in [1.807, 2.05) is 37.4 Å². The predicted octanol–water partition coefficient (Wildman–Crippen LogP) is 2.67. The maximum atomic E-state index is 5.42. The molecule has 0 aliphatic heterocycles. The van der Waals surface area contributed by atoms with E-state index >= 15 is 0 Å². The van der Waals surface area contributed by atoms with Gasteiger partial charge in [0, 0.05) is 5.56 Å². The molecule has 0 saturated carbocycles. The van der Waals surface area contributed by atoms with Crippen LogP contribution < -0.4 is 10.1 Å². The first-order chi connectivity index (χ1) is 7.85. The van der Waals surface area contributed by atoms with Gasteiger partial charge in [-0.2, -0.15) is 0 Å². The van der Waals surface area contributed by atoms with Gasteiger partial charge in [0.2, 0.25) is 0 Å². The lowest BCUT2D eigenvalue weighted by Gasteiger charge is -2.04. The Morgan fingerprint density at radius 2 is 1.94 bits per heavy atom. The summed E-state index contributed by atoms with van der Waals surface area (Å²) in [5.74, 6) is 1.81. The van der Waals surface area contributed by atoms with Crippen LogP contribution in [0, 0.1) is 0 Å². The number of hydrogen-bond donors (Lipinski definition) is 1. The SMILES string of the molecule is CNCc1occc1-c1ccc(OC)cc1. The third-order valence-electron chi connectivity index (χ3n) is 2.48. The second-order valence-electron chi connectivity index (χ2n) is 3.52. The number of nitrogens with one attached hydrogen (secondary N) is 1. The molecule has 0 radical (unpaired) electrons. The molecule has 84 valence electrons. The van der Waals surface area contributed by atoms with Crippen LogP contribution >= 0.6 is 0 Å². The summed E-state index contributed by atoms with van der Waals surface area (Å²) in [5.41, 5.74) is 2.26. The van der Waals surface area contributed by atoms with E-state index < -0.39 is 0 Å². The lowest BCUT2D eigenvalue weighted by molar-refractivity contribution is 0.415. The molecular formula is C13H15NO2. The van der Waals surface area contributed by atoms with Gasteiger partial charge in [0.25, 0.3) is 0 Å². The molecule has 1 aromatic carbocycles. The van der Waals surface area contributed by atoms with Gasteiger partial charge >= 0.3 is 0 Å². The van der Waals surface area contributed by atoms with Crippen LogP contribution in [0.4, 0.5) is 0 Å². The molecule has 0 atom stereocenters. The van der Waals surface area contributed by atoms with Crippen molar-refractivity contribution in [3.05, 3.63) is 42.4 Å². The molecule has 0 saturated heterocycles. The molecule has 2 rings (SSSR count). The number of rotatable bonds is 4. The molecule has 1 heterocycles. The normalized spacial score (nSPS) is 10.4. The fourth-order valence-electron chi connectivity index (χ4n) is 1.67. The Balaban J connectivity index is 2.31. The van der Waals surface area contributed by atoms with Gasteiger partial charge in [0.15, 0.2) is 0 Å². The van der Waals surface area contributed by atoms with Crippen molar-refractivity contribution in [1.82, 2.24) is 5.32 Å². The fraction of sp³-hybridized carbons (Fsp3) is 0.231. The van der Waals surface area contributed by atoms with Gasteiger partial charge in [0.1, 0.15) is 11.5 Å². The summed E-state index contributed by atoms with van der Waals surface area (Å²) in [6.45, 7) is 0.731. The van der Waals surface area contributed by atoms with Crippen molar-refractivity contribution in [2.45, 2.75) is 6.54 Å². The highest BCUT2D eigenvalue weighted by molar-refractivity contribution is 5.66. The largest absolute Gasteiger partial charge is 0.497 e. The summed E-state index contributed by atoms with van der Waals surface area (Å²) >= 11 is 0. The van der Waals surface area contributed by atoms with E-state index in [0.29, 0.717) is 0 Å². The summed E-state index contributed by atoms with van der Waals surface area (Å²) in [5, 5.41) is 3.08. The zero-order valence-electron chi connectivity index (χ0n) is 9.49. The van der Waals surface area contributed by atoms with Crippen LogP contribution in [-0.4, -0.2) is 14.2 Å². The van der Waals surface area contributed by atoms with Crippen molar-refractivity contribution < 1.29 is 9.15 Å². The Bertz CT molecular complexity index is 445. The van der Waals surface area contributed by atoms with Gasteiger partial charge in [0.05, 0.1) is 19.9 Å². The van der Waals surface area contributed by atoms with Crippen molar-refractivity contribution in [2.24, 2.45) is 0 Å². The zero-order valence-corrected chi connectivity index (χ0v) is 9.49. The van der Waals surface area contributed by atoms with Crippen LogP contribution in [0.3, 0.4) is 0 Å². The van der Waals surface area contributed by atoms with Crippen LogP contribution in [0.25, 0.3) is 11.1 Å². The highest BCUT2D eigenvalue weighted by atomic mass is 16.5. The number of furan rings is 1. The van der Waals surface area contributed by atoms with Crippen LogP contribution in [0.1, 0.15) is 5.76 Å². The summed E-state index contributed by atoms with van der Waals surface area (Å²) in [6, 6.07) is 9.94. The van der Waals surface area contributed by atoms with Gasteiger partial charge in [-0.1, -0.05) is 12.1 Å². The fourth-order valence-corrected chi connectivity index (χ4v) is 1.67. The first-order valence-electron chi connectivity index (χ1n) is 5.20. The molecule has 2 aromatic rings. The molecule has 16 heavy (non-hydrogen) atoms. The van der Waals surface area contributed by atoms with Crippen LogP contribution in [0.2, 0.25) is 0 Å². The Labute approximate surface area is 95.0 Å². The third-order valence-corrected chi connectivity index (χ3v) is 2.48. The summed E-state index contributed by atoms with van der Waals surface area (Å²) < 4.78 is 10.6. The van der Waals surface area contributed by atoms with Gasteiger partial charge in [-0.05, 0) is 30.8 Å². The van der Waals surface area contributed by atoms with Crippen molar-refractivity contribution in [1.29, 1.82) is 0 Å². The maximum Gasteiger partial charge on any atom is 0.125 e. The van der Waals surface area contributed by atoms with Gasteiger partial charge in [-0.25, -0.2) is 0 Å². The molecule has 0 aliphatic carbocycles. The Hall–Kier alpha value is -1.74. The standard InChI is InChI=1S/C13H15NO2/c1-14-9-13-12(7-8-16-13)10-3-5-11(15-2)6-4-10/h3-8,14H,9H2,1-2H3. The second-order valence-corrected chi connectivity index (χ2v) is 3.52. The monoisotopic (exact) mass is 217 g/mol. The first-order valence-corrected chi connectivity index (χ1v) is 5.20. The molecule has 1 aromatic heterocycles. The Morgan fingerprint density at radius 3 is 2.56 bits per heavy atom. The minimum Gasteiger partial charge on any atom is -0.497 e. The first kappa shape index (κ1) is 10.8. The molecule has 0 spiro atoms. The van der Waals surface area contributed by atoms with E-state index in [0.717, 1.165) is 29.2 Å². The molecule has 1 N–H and O–H groups in total. The number of benzene rings is 1. The number of hydrogen-bond acceptors (Lipinski definition) is 3. The average molecular weight is 217 g/mol. The predicted molar refractivity (Wildman–Crippen MR) is 63.5 cm³/mol. The van der Waals surface area contributed by atoms with E-state index in [2.05, 4.69) is 5.32 Å². The van der Waals surface area contributed by atoms with E-state index in [-0.39, 0.29) is 0 Å². The van der Waals surface area contributed by atoms with Gasteiger partial charge in [-0.15, -0.1) is 0 Å². The summed E-state index contributed by atoms with van der Waals surface area (Å²) in [7, 11) is 3.57. The zero-order chi connectivity index (χ0) is 11.4. The van der Waals surface area contributed by atoms with E-state index in [1.54, 1.807) is 13.4 Å². The van der Waals surface area contributed by atoms with Crippen LogP contribution in [0.15, 0.2) is 41.0 Å². The number of ether oxygens (including phenoxy) is 1.